The Bertz CT molecular complexity index is 1410. The minimum absolute atomic E-state index is 0.298. The Morgan fingerprint density at radius 2 is 1.94 bits per heavy atom. The van der Waals surface area contributed by atoms with Crippen LogP contribution in [0.1, 0.15) is 5.56 Å². The van der Waals surface area contributed by atoms with E-state index < -0.39 is 5.82 Å². The average molecular weight is 474 g/mol. The van der Waals surface area contributed by atoms with E-state index in [1.165, 1.54) is 17.3 Å². The van der Waals surface area contributed by atoms with E-state index in [9.17, 15) is 4.39 Å². The minimum Gasteiger partial charge on any atom is -0.352 e. The lowest BCUT2D eigenvalue weighted by atomic mass is 9.98. The van der Waals surface area contributed by atoms with Gasteiger partial charge >= 0.3 is 0 Å². The van der Waals surface area contributed by atoms with Crippen molar-refractivity contribution < 1.29 is 4.39 Å². The fourth-order valence-electron chi connectivity index (χ4n) is 3.91. The number of thiophene rings is 1. The summed E-state index contributed by atoms with van der Waals surface area (Å²) in [5.41, 5.74) is 3.88. The zero-order chi connectivity index (χ0) is 23.5. The number of nitrogens with one attached hydrogen (secondary N) is 1. The summed E-state index contributed by atoms with van der Waals surface area (Å²) >= 11 is 1.55. The molecule has 3 heterocycles. The van der Waals surface area contributed by atoms with Gasteiger partial charge in [0.1, 0.15) is 5.69 Å². The zero-order valence-corrected chi connectivity index (χ0v) is 19.8. The molecule has 0 bridgehead atoms. The third-order valence-electron chi connectivity index (χ3n) is 5.41. The average Bonchev–Trinajstić information content (AvgIpc) is 3.50. The first-order valence-electron chi connectivity index (χ1n) is 10.9. The molecule has 0 aliphatic rings. The minimum atomic E-state index is -0.442. The summed E-state index contributed by atoms with van der Waals surface area (Å²) in [6.45, 7) is 2.00. The fourth-order valence-corrected chi connectivity index (χ4v) is 5.09. The second-order valence-electron chi connectivity index (χ2n) is 8.21. The van der Waals surface area contributed by atoms with Gasteiger partial charge in [-0.1, -0.05) is 47.7 Å². The van der Waals surface area contributed by atoms with Crippen LogP contribution in [0.4, 0.5) is 10.3 Å². The molecule has 172 valence electrons. The van der Waals surface area contributed by atoms with Gasteiger partial charge in [-0.25, -0.2) is 14.4 Å². The van der Waals surface area contributed by atoms with Crippen LogP contribution in [-0.2, 0) is 13.1 Å². The Hall–Kier alpha value is -3.69. The predicted octanol–water partition coefficient (Wildman–Crippen LogP) is 4.93. The highest BCUT2D eigenvalue weighted by Crippen LogP contribution is 2.40. The van der Waals surface area contributed by atoms with Crippen molar-refractivity contribution in [2.75, 3.05) is 26.0 Å². The highest BCUT2D eigenvalue weighted by atomic mass is 32.1. The van der Waals surface area contributed by atoms with Crippen molar-refractivity contribution in [1.82, 2.24) is 29.9 Å². The van der Waals surface area contributed by atoms with Crippen molar-refractivity contribution in [3.63, 3.8) is 0 Å². The van der Waals surface area contributed by atoms with E-state index in [1.54, 1.807) is 28.4 Å². The molecule has 5 aromatic rings. The Labute approximate surface area is 200 Å². The number of hydrogen-bond acceptors (Lipinski definition) is 7. The molecule has 5 rings (SSSR count). The van der Waals surface area contributed by atoms with Crippen molar-refractivity contribution in [2.24, 2.45) is 0 Å². The van der Waals surface area contributed by atoms with Crippen molar-refractivity contribution in [2.45, 2.75) is 13.1 Å². The number of hydrogen-bond donors (Lipinski definition) is 1. The molecule has 0 amide bonds. The molecule has 0 saturated carbocycles. The molecule has 0 spiro atoms. The molecule has 0 atom stereocenters. The lowest BCUT2D eigenvalue weighted by Gasteiger charge is -2.14. The van der Waals surface area contributed by atoms with E-state index in [2.05, 4.69) is 81.0 Å². The number of rotatable bonds is 8. The number of benzene rings is 2. The maximum Gasteiger partial charge on any atom is 0.223 e. The quantitative estimate of drug-likeness (QED) is 0.345. The van der Waals surface area contributed by atoms with Gasteiger partial charge in [0.15, 0.2) is 5.82 Å². The lowest BCUT2D eigenvalue weighted by Crippen LogP contribution is -2.13. The first-order valence-corrected chi connectivity index (χ1v) is 11.8. The number of halogens is 1. The summed E-state index contributed by atoms with van der Waals surface area (Å²) in [5, 5.41) is 11.9. The second-order valence-corrected chi connectivity index (χ2v) is 9.26. The summed E-state index contributed by atoms with van der Waals surface area (Å²) in [5.74, 6) is -0.0616. The molecular weight excluding hydrogens is 449 g/mol. The van der Waals surface area contributed by atoms with Gasteiger partial charge in [-0.15, -0.1) is 16.4 Å². The van der Waals surface area contributed by atoms with Gasteiger partial charge in [-0.3, -0.25) is 4.68 Å². The smallest absolute Gasteiger partial charge is 0.223 e. The van der Waals surface area contributed by atoms with Crippen LogP contribution in [0.15, 0.2) is 67.1 Å². The van der Waals surface area contributed by atoms with Crippen LogP contribution in [0, 0.1) is 5.82 Å². The molecule has 0 unspecified atom stereocenters. The van der Waals surface area contributed by atoms with Crippen molar-refractivity contribution in [1.29, 1.82) is 0 Å². The van der Waals surface area contributed by atoms with E-state index >= 15 is 0 Å². The monoisotopic (exact) mass is 473 g/mol. The van der Waals surface area contributed by atoms with Gasteiger partial charge in [0.2, 0.25) is 5.95 Å². The van der Waals surface area contributed by atoms with E-state index in [0.717, 1.165) is 27.1 Å². The molecular formula is C25H24FN7S. The van der Waals surface area contributed by atoms with Gasteiger partial charge in [-0.2, -0.15) is 0 Å². The molecule has 0 fully saturated rings. The van der Waals surface area contributed by atoms with Crippen LogP contribution in [-0.4, -0.2) is 50.5 Å². The van der Waals surface area contributed by atoms with Crippen molar-refractivity contribution in [3.8, 4) is 21.7 Å². The molecule has 2 aromatic carbocycles. The standard InChI is InChI=1S/C25H24FN7S/c1-32(2)16-18-6-3-4-8-19(18)20-9-5-7-17-14-22(34-24(17)20)23-21(26)15-28-25(30-23)27-10-12-33-13-11-29-31-33/h3-9,11,13-15H,10,12,16H2,1-2H3,(H,27,28,30). The molecule has 0 aliphatic carbocycles. The summed E-state index contributed by atoms with van der Waals surface area (Å²) in [4.78, 5) is 11.5. The second kappa shape index (κ2) is 9.66. The number of aromatic nitrogens is 5. The molecule has 0 radical (unpaired) electrons. The van der Waals surface area contributed by atoms with Crippen LogP contribution >= 0.6 is 11.3 Å². The van der Waals surface area contributed by atoms with Crippen LogP contribution in [0.25, 0.3) is 31.8 Å². The zero-order valence-electron chi connectivity index (χ0n) is 18.9. The molecule has 9 heteroatoms. The van der Waals surface area contributed by atoms with E-state index in [0.29, 0.717) is 24.7 Å². The normalized spacial score (nSPS) is 11.4. The molecule has 34 heavy (non-hydrogen) atoms. The maximum atomic E-state index is 14.8. The summed E-state index contributed by atoms with van der Waals surface area (Å²) in [7, 11) is 4.13. The van der Waals surface area contributed by atoms with Gasteiger partial charge < -0.3 is 10.2 Å². The third kappa shape index (κ3) is 4.66. The van der Waals surface area contributed by atoms with Crippen LogP contribution in [0.3, 0.4) is 0 Å². The third-order valence-corrected chi connectivity index (χ3v) is 6.60. The van der Waals surface area contributed by atoms with Gasteiger partial charge in [0, 0.05) is 24.0 Å². The molecule has 3 aromatic heterocycles. The van der Waals surface area contributed by atoms with Crippen LogP contribution in [0.2, 0.25) is 0 Å². The van der Waals surface area contributed by atoms with E-state index in [1.807, 2.05) is 12.1 Å². The topological polar surface area (TPSA) is 71.8 Å². The molecule has 0 aliphatic heterocycles. The highest BCUT2D eigenvalue weighted by Gasteiger charge is 2.16. The van der Waals surface area contributed by atoms with Crippen LogP contribution in [0.5, 0.6) is 0 Å². The van der Waals surface area contributed by atoms with Gasteiger partial charge in [0.05, 0.1) is 23.8 Å². The van der Waals surface area contributed by atoms with Gasteiger partial charge in [0.25, 0.3) is 0 Å². The Kier molecular flexibility index (Phi) is 6.29. The van der Waals surface area contributed by atoms with Crippen molar-refractivity contribution in [3.05, 3.63) is 78.5 Å². The highest BCUT2D eigenvalue weighted by molar-refractivity contribution is 7.22. The Balaban J connectivity index is 1.48. The maximum absolute atomic E-state index is 14.8. The fraction of sp³-hybridized carbons (Fsp3) is 0.200. The Morgan fingerprint density at radius 3 is 2.76 bits per heavy atom. The number of nitrogens with zero attached hydrogens (tertiary/aromatic N) is 6. The van der Waals surface area contributed by atoms with E-state index in [4.69, 9.17) is 0 Å². The summed E-state index contributed by atoms with van der Waals surface area (Å²) < 4.78 is 17.6. The first-order chi connectivity index (χ1) is 16.6. The summed E-state index contributed by atoms with van der Waals surface area (Å²) in [6, 6.07) is 16.7. The predicted molar refractivity (Wildman–Crippen MR) is 134 cm³/mol. The lowest BCUT2D eigenvalue weighted by molar-refractivity contribution is 0.403. The Morgan fingerprint density at radius 1 is 1.09 bits per heavy atom. The molecule has 0 saturated heterocycles. The van der Waals surface area contributed by atoms with Gasteiger partial charge in [-0.05, 0) is 42.2 Å². The molecule has 7 nitrogen and oxygen atoms in total. The first kappa shape index (κ1) is 22.1. The number of anilines is 1. The molecule has 1 N–H and O–H groups in total. The largest absolute Gasteiger partial charge is 0.352 e. The summed E-state index contributed by atoms with van der Waals surface area (Å²) in [6.07, 6.45) is 4.63. The van der Waals surface area contributed by atoms with Crippen LogP contribution < -0.4 is 5.32 Å². The van der Waals surface area contributed by atoms with E-state index in [-0.39, 0.29) is 0 Å². The SMILES string of the molecule is CN(C)Cc1ccccc1-c1cccc2cc(-c3nc(NCCn4ccnn4)ncc3F)sc12. The van der Waals surface area contributed by atoms with Crippen molar-refractivity contribution >= 4 is 27.4 Å². The number of fused-ring (bicyclic) bond motifs is 1.